The molecule has 0 aromatic carbocycles. The third kappa shape index (κ3) is 8.42. The fraction of sp³-hybridized carbons (Fsp3) is 0.778. The molecule has 150 valence electrons. The minimum Gasteiger partial charge on any atom is -0.337 e. The molecule has 26 heavy (non-hydrogen) atoms. The Balaban J connectivity index is 4.51. The predicted octanol–water partition coefficient (Wildman–Crippen LogP) is -0.0731. The molecule has 0 aromatic heterocycles. The average molecular weight is 370 g/mol. The molecule has 0 aliphatic rings. The SMILES string of the molecule is CC(C)C(=O)CN(C)C(=O)CN(C)C(=O)CN(C)C(=O)CN(C)C(C)C. The molecule has 0 heterocycles. The molecule has 0 saturated carbocycles. The van der Waals surface area contributed by atoms with Crippen molar-refractivity contribution in [3.05, 3.63) is 0 Å². The van der Waals surface area contributed by atoms with Crippen molar-refractivity contribution in [1.82, 2.24) is 19.6 Å². The molecule has 0 rings (SSSR count). The van der Waals surface area contributed by atoms with E-state index in [1.165, 1.54) is 21.7 Å². The van der Waals surface area contributed by atoms with Gasteiger partial charge in [0.1, 0.15) is 0 Å². The van der Waals surface area contributed by atoms with Gasteiger partial charge < -0.3 is 14.7 Å². The van der Waals surface area contributed by atoms with Gasteiger partial charge in [0.2, 0.25) is 17.7 Å². The number of hydrogen-bond donors (Lipinski definition) is 0. The number of Topliss-reactive ketones (excluding diaryl/α,β-unsaturated/α-hetero) is 1. The van der Waals surface area contributed by atoms with Gasteiger partial charge in [-0.05, 0) is 20.9 Å². The molecule has 0 spiro atoms. The summed E-state index contributed by atoms with van der Waals surface area (Å²) in [7, 11) is 6.46. The fourth-order valence-corrected chi connectivity index (χ4v) is 1.84. The van der Waals surface area contributed by atoms with Crippen molar-refractivity contribution in [2.75, 3.05) is 54.4 Å². The van der Waals surface area contributed by atoms with Crippen LogP contribution in [0.4, 0.5) is 0 Å². The Labute approximate surface area is 157 Å². The number of rotatable bonds is 10. The van der Waals surface area contributed by atoms with E-state index in [0.717, 1.165) is 0 Å². The molecule has 0 aromatic rings. The highest BCUT2D eigenvalue weighted by Gasteiger charge is 2.21. The van der Waals surface area contributed by atoms with Gasteiger partial charge >= 0.3 is 0 Å². The zero-order valence-electron chi connectivity index (χ0n) is 17.4. The van der Waals surface area contributed by atoms with Crippen LogP contribution in [-0.4, -0.2) is 104 Å². The van der Waals surface area contributed by atoms with Crippen LogP contribution in [0.2, 0.25) is 0 Å². The Bertz CT molecular complexity index is 519. The smallest absolute Gasteiger partial charge is 0.242 e. The summed E-state index contributed by atoms with van der Waals surface area (Å²) < 4.78 is 0. The molecule has 8 nitrogen and oxygen atoms in total. The summed E-state index contributed by atoms with van der Waals surface area (Å²) in [4.78, 5) is 54.1. The van der Waals surface area contributed by atoms with Gasteiger partial charge in [-0.1, -0.05) is 13.8 Å². The van der Waals surface area contributed by atoms with Crippen LogP contribution in [0.5, 0.6) is 0 Å². The van der Waals surface area contributed by atoms with E-state index < -0.39 is 0 Å². The first-order chi connectivity index (χ1) is 11.9. The van der Waals surface area contributed by atoms with Crippen LogP contribution in [-0.2, 0) is 19.2 Å². The molecule has 0 saturated heterocycles. The maximum atomic E-state index is 12.2. The van der Waals surface area contributed by atoms with Gasteiger partial charge in [0, 0.05) is 33.1 Å². The summed E-state index contributed by atoms with van der Waals surface area (Å²) in [6, 6.07) is 0.229. The summed E-state index contributed by atoms with van der Waals surface area (Å²) in [5.74, 6) is -0.982. The molecule has 0 aliphatic heterocycles. The third-order valence-corrected chi connectivity index (χ3v) is 4.33. The zero-order valence-corrected chi connectivity index (χ0v) is 17.4. The number of amides is 3. The van der Waals surface area contributed by atoms with Crippen molar-refractivity contribution in [3.63, 3.8) is 0 Å². The molecule has 0 bridgehead atoms. The lowest BCUT2D eigenvalue weighted by Gasteiger charge is -2.26. The van der Waals surface area contributed by atoms with Crippen LogP contribution < -0.4 is 0 Å². The van der Waals surface area contributed by atoms with E-state index in [4.69, 9.17) is 0 Å². The van der Waals surface area contributed by atoms with Gasteiger partial charge in [-0.2, -0.15) is 0 Å². The first-order valence-electron chi connectivity index (χ1n) is 8.81. The van der Waals surface area contributed by atoms with Crippen molar-refractivity contribution >= 4 is 23.5 Å². The second-order valence-corrected chi connectivity index (χ2v) is 7.38. The Morgan fingerprint density at radius 2 is 0.962 bits per heavy atom. The second kappa shape index (κ2) is 10.9. The third-order valence-electron chi connectivity index (χ3n) is 4.33. The molecule has 0 unspecified atom stereocenters. The molecule has 0 fully saturated rings. The lowest BCUT2D eigenvalue weighted by molar-refractivity contribution is -0.143. The number of ketones is 1. The van der Waals surface area contributed by atoms with Gasteiger partial charge in [0.05, 0.1) is 26.2 Å². The van der Waals surface area contributed by atoms with Crippen molar-refractivity contribution < 1.29 is 19.2 Å². The van der Waals surface area contributed by atoms with Crippen LogP contribution in [0, 0.1) is 5.92 Å². The van der Waals surface area contributed by atoms with Crippen molar-refractivity contribution in [1.29, 1.82) is 0 Å². The largest absolute Gasteiger partial charge is 0.337 e. The summed E-state index contributed by atoms with van der Waals surface area (Å²) in [5, 5.41) is 0. The lowest BCUT2D eigenvalue weighted by atomic mass is 10.1. The van der Waals surface area contributed by atoms with E-state index in [-0.39, 0.29) is 61.6 Å². The Morgan fingerprint density at radius 1 is 0.615 bits per heavy atom. The average Bonchev–Trinajstić information content (AvgIpc) is 2.53. The topological polar surface area (TPSA) is 81.2 Å². The van der Waals surface area contributed by atoms with E-state index in [1.54, 1.807) is 27.9 Å². The van der Waals surface area contributed by atoms with Crippen molar-refractivity contribution in [3.8, 4) is 0 Å². The van der Waals surface area contributed by atoms with Crippen LogP contribution in [0.15, 0.2) is 0 Å². The van der Waals surface area contributed by atoms with Gasteiger partial charge in [0.25, 0.3) is 0 Å². The van der Waals surface area contributed by atoms with E-state index in [9.17, 15) is 19.2 Å². The highest BCUT2D eigenvalue weighted by Crippen LogP contribution is 2.00. The van der Waals surface area contributed by atoms with E-state index >= 15 is 0 Å². The van der Waals surface area contributed by atoms with Crippen LogP contribution in [0.25, 0.3) is 0 Å². The van der Waals surface area contributed by atoms with Crippen molar-refractivity contribution in [2.45, 2.75) is 33.7 Å². The van der Waals surface area contributed by atoms with Crippen molar-refractivity contribution in [2.24, 2.45) is 5.92 Å². The molecule has 0 N–H and O–H groups in total. The number of nitrogens with zero attached hydrogens (tertiary/aromatic N) is 4. The molecule has 0 aliphatic carbocycles. The molecular formula is C18H34N4O4. The van der Waals surface area contributed by atoms with E-state index in [2.05, 4.69) is 0 Å². The highest BCUT2D eigenvalue weighted by atomic mass is 16.2. The predicted molar refractivity (Wildman–Crippen MR) is 101 cm³/mol. The Hall–Kier alpha value is -1.96. The molecule has 0 atom stereocenters. The molecule has 0 radical (unpaired) electrons. The van der Waals surface area contributed by atoms with Crippen LogP contribution in [0.1, 0.15) is 27.7 Å². The molecular weight excluding hydrogens is 336 g/mol. The first-order valence-corrected chi connectivity index (χ1v) is 8.81. The monoisotopic (exact) mass is 370 g/mol. The summed E-state index contributed by atoms with van der Waals surface area (Å²) in [6.45, 7) is 7.55. The minimum absolute atomic E-state index is 0.0262. The van der Waals surface area contributed by atoms with Gasteiger partial charge in [-0.3, -0.25) is 24.1 Å². The summed E-state index contributed by atoms with van der Waals surface area (Å²) in [5.41, 5.74) is 0. The highest BCUT2D eigenvalue weighted by molar-refractivity contribution is 5.90. The maximum absolute atomic E-state index is 12.2. The van der Waals surface area contributed by atoms with Gasteiger partial charge in [-0.15, -0.1) is 0 Å². The van der Waals surface area contributed by atoms with E-state index in [1.807, 2.05) is 25.8 Å². The number of hydrogen-bond acceptors (Lipinski definition) is 5. The quantitative estimate of drug-likeness (QED) is 0.538. The van der Waals surface area contributed by atoms with Crippen LogP contribution >= 0.6 is 0 Å². The normalized spacial score (nSPS) is 11.0. The van der Waals surface area contributed by atoms with Gasteiger partial charge in [-0.25, -0.2) is 0 Å². The number of carbonyl (C=O) groups is 4. The zero-order chi connectivity index (χ0) is 20.6. The maximum Gasteiger partial charge on any atom is 0.242 e. The minimum atomic E-state index is -0.329. The Morgan fingerprint density at radius 3 is 1.31 bits per heavy atom. The number of likely N-dealkylation sites (N-methyl/N-ethyl adjacent to an activating group) is 4. The summed E-state index contributed by atoms with van der Waals surface area (Å²) in [6.07, 6.45) is 0. The standard InChI is InChI=1S/C18H34N4O4/c1-13(2)15(23)9-20(6)17(25)11-22(8)18(26)12-21(7)16(24)10-19(5)14(3)4/h13-14H,9-12H2,1-8H3. The van der Waals surface area contributed by atoms with Crippen LogP contribution in [0.3, 0.4) is 0 Å². The first kappa shape index (κ1) is 24.0. The fourth-order valence-electron chi connectivity index (χ4n) is 1.84. The van der Waals surface area contributed by atoms with E-state index in [0.29, 0.717) is 0 Å². The lowest BCUT2D eigenvalue weighted by Crippen LogP contribution is -2.46. The molecule has 8 heteroatoms. The molecule has 3 amide bonds. The second-order valence-electron chi connectivity index (χ2n) is 7.38. The van der Waals surface area contributed by atoms with Gasteiger partial charge in [0.15, 0.2) is 5.78 Å². The number of carbonyl (C=O) groups excluding carboxylic acids is 4. The summed E-state index contributed by atoms with van der Waals surface area (Å²) >= 11 is 0. The Kier molecular flexibility index (Phi) is 10.1.